The second-order valence-corrected chi connectivity index (χ2v) is 4.80. The minimum Gasteiger partial charge on any atom is -0.493 e. The minimum atomic E-state index is -0.365. The van der Waals surface area contributed by atoms with Gasteiger partial charge >= 0.3 is 0 Å². The fourth-order valence-electron chi connectivity index (χ4n) is 2.37. The molecule has 5 heteroatoms. The summed E-state index contributed by atoms with van der Waals surface area (Å²) < 4.78 is 20.9. The zero-order chi connectivity index (χ0) is 16.0. The molecule has 118 valence electrons. The number of methoxy groups -OCH3 is 4. The van der Waals surface area contributed by atoms with Gasteiger partial charge in [0.25, 0.3) is 0 Å². The Labute approximate surface area is 126 Å². The Hall–Kier alpha value is -1.59. The summed E-state index contributed by atoms with van der Waals surface area (Å²) in [5.74, 6) is 1.31. The van der Waals surface area contributed by atoms with Crippen LogP contribution in [0.5, 0.6) is 11.5 Å². The molecule has 0 heterocycles. The van der Waals surface area contributed by atoms with Crippen LogP contribution < -0.4 is 9.47 Å². The summed E-state index contributed by atoms with van der Waals surface area (Å²) in [5.41, 5.74) is 2.31. The number of Topliss-reactive ketones (excluding diaryl/α,β-unsaturated/α-hetero) is 1. The molecule has 0 amide bonds. The van der Waals surface area contributed by atoms with Crippen molar-refractivity contribution in [1.82, 2.24) is 0 Å². The van der Waals surface area contributed by atoms with E-state index >= 15 is 0 Å². The lowest BCUT2D eigenvalue weighted by Gasteiger charge is -2.17. The molecule has 0 radical (unpaired) electrons. The van der Waals surface area contributed by atoms with Gasteiger partial charge in [-0.25, -0.2) is 0 Å². The van der Waals surface area contributed by atoms with E-state index in [0.29, 0.717) is 29.9 Å². The molecule has 1 aromatic carbocycles. The smallest absolute Gasteiger partial charge is 0.164 e. The highest BCUT2D eigenvalue weighted by Gasteiger charge is 2.20. The SMILES string of the molecule is COc1c(C)cc(C(=O)CCC(OC)OC)c(C)c1OC. The van der Waals surface area contributed by atoms with E-state index in [1.165, 1.54) is 0 Å². The number of ether oxygens (including phenoxy) is 4. The number of carbonyl (C=O) groups is 1. The summed E-state index contributed by atoms with van der Waals surface area (Å²) in [6, 6.07) is 1.84. The quantitative estimate of drug-likeness (QED) is 0.545. The first kappa shape index (κ1) is 17.5. The first-order chi connectivity index (χ1) is 9.99. The molecule has 0 saturated heterocycles. The maximum atomic E-state index is 12.4. The second kappa shape index (κ2) is 8.00. The lowest BCUT2D eigenvalue weighted by atomic mass is 9.97. The normalized spacial score (nSPS) is 10.8. The molecule has 0 fully saturated rings. The zero-order valence-electron chi connectivity index (χ0n) is 13.6. The van der Waals surface area contributed by atoms with E-state index in [2.05, 4.69) is 0 Å². The number of aryl methyl sites for hydroxylation is 1. The minimum absolute atomic E-state index is 0.0376. The number of hydrogen-bond donors (Lipinski definition) is 0. The Kier molecular flexibility index (Phi) is 6.65. The van der Waals surface area contributed by atoms with E-state index in [-0.39, 0.29) is 12.1 Å². The van der Waals surface area contributed by atoms with E-state index in [4.69, 9.17) is 18.9 Å². The molecule has 21 heavy (non-hydrogen) atoms. The standard InChI is InChI=1S/C16H24O5/c1-10-9-12(11(2)16(21-6)15(10)20-5)13(17)7-8-14(18-3)19-4/h9,14H,7-8H2,1-6H3. The van der Waals surface area contributed by atoms with Gasteiger partial charge in [0.05, 0.1) is 14.2 Å². The first-order valence-electron chi connectivity index (χ1n) is 6.81. The molecule has 0 aliphatic heterocycles. The van der Waals surface area contributed by atoms with E-state index < -0.39 is 0 Å². The van der Waals surface area contributed by atoms with Crippen LogP contribution in [0, 0.1) is 13.8 Å². The van der Waals surface area contributed by atoms with E-state index in [1.54, 1.807) is 28.4 Å². The van der Waals surface area contributed by atoms with Crippen molar-refractivity contribution in [3.05, 3.63) is 22.8 Å². The maximum Gasteiger partial charge on any atom is 0.164 e. The lowest BCUT2D eigenvalue weighted by Crippen LogP contribution is -2.15. The average Bonchev–Trinajstić information content (AvgIpc) is 2.49. The van der Waals surface area contributed by atoms with Gasteiger partial charge in [-0.05, 0) is 25.5 Å². The van der Waals surface area contributed by atoms with Crippen LogP contribution in [0.2, 0.25) is 0 Å². The molecule has 0 spiro atoms. The Morgan fingerprint density at radius 1 is 1.05 bits per heavy atom. The van der Waals surface area contributed by atoms with Crippen LogP contribution in [0.25, 0.3) is 0 Å². The topological polar surface area (TPSA) is 54.0 Å². The Morgan fingerprint density at radius 3 is 2.10 bits per heavy atom. The highest BCUT2D eigenvalue weighted by molar-refractivity contribution is 5.98. The van der Waals surface area contributed by atoms with Crippen molar-refractivity contribution in [2.45, 2.75) is 33.0 Å². The third kappa shape index (κ3) is 3.95. The van der Waals surface area contributed by atoms with Crippen molar-refractivity contribution in [3.63, 3.8) is 0 Å². The molecule has 0 atom stereocenters. The largest absolute Gasteiger partial charge is 0.493 e. The van der Waals surface area contributed by atoms with Gasteiger partial charge in [-0.2, -0.15) is 0 Å². The lowest BCUT2D eigenvalue weighted by molar-refractivity contribution is -0.105. The van der Waals surface area contributed by atoms with Gasteiger partial charge in [-0.1, -0.05) is 0 Å². The van der Waals surface area contributed by atoms with E-state index in [9.17, 15) is 4.79 Å². The van der Waals surface area contributed by atoms with Crippen LogP contribution >= 0.6 is 0 Å². The van der Waals surface area contributed by atoms with Gasteiger partial charge < -0.3 is 18.9 Å². The van der Waals surface area contributed by atoms with Gasteiger partial charge in [-0.3, -0.25) is 4.79 Å². The fraction of sp³-hybridized carbons (Fsp3) is 0.562. The summed E-state index contributed by atoms with van der Waals surface area (Å²) in [4.78, 5) is 12.4. The molecule has 0 bridgehead atoms. The Morgan fingerprint density at radius 2 is 1.62 bits per heavy atom. The van der Waals surface area contributed by atoms with Crippen LogP contribution in [-0.4, -0.2) is 40.5 Å². The predicted octanol–water partition coefficient (Wildman–Crippen LogP) is 2.90. The molecule has 0 aliphatic carbocycles. The molecule has 5 nitrogen and oxygen atoms in total. The van der Waals surface area contributed by atoms with Gasteiger partial charge in [0.15, 0.2) is 23.6 Å². The maximum absolute atomic E-state index is 12.4. The van der Waals surface area contributed by atoms with Gasteiger partial charge in [0.2, 0.25) is 0 Å². The van der Waals surface area contributed by atoms with E-state index in [0.717, 1.165) is 11.1 Å². The average molecular weight is 296 g/mol. The monoisotopic (exact) mass is 296 g/mol. The van der Waals surface area contributed by atoms with Crippen molar-refractivity contribution >= 4 is 5.78 Å². The summed E-state index contributed by atoms with van der Waals surface area (Å²) in [6.07, 6.45) is 0.497. The number of rotatable bonds is 8. The summed E-state index contributed by atoms with van der Waals surface area (Å²) in [5, 5.41) is 0. The summed E-state index contributed by atoms with van der Waals surface area (Å²) in [6.45, 7) is 3.75. The third-order valence-corrected chi connectivity index (χ3v) is 3.51. The van der Waals surface area contributed by atoms with Gasteiger partial charge in [0, 0.05) is 38.2 Å². The van der Waals surface area contributed by atoms with Crippen molar-refractivity contribution in [1.29, 1.82) is 0 Å². The molecule has 0 aliphatic rings. The van der Waals surface area contributed by atoms with Gasteiger partial charge in [-0.15, -0.1) is 0 Å². The molecular weight excluding hydrogens is 272 g/mol. The fourth-order valence-corrected chi connectivity index (χ4v) is 2.37. The van der Waals surface area contributed by atoms with Crippen molar-refractivity contribution in [2.24, 2.45) is 0 Å². The number of ketones is 1. The predicted molar refractivity (Wildman–Crippen MR) is 80.4 cm³/mol. The highest BCUT2D eigenvalue weighted by Crippen LogP contribution is 2.36. The van der Waals surface area contributed by atoms with Crippen LogP contribution in [0.4, 0.5) is 0 Å². The van der Waals surface area contributed by atoms with Crippen LogP contribution in [-0.2, 0) is 9.47 Å². The molecule has 0 unspecified atom stereocenters. The number of carbonyl (C=O) groups excluding carboxylic acids is 1. The van der Waals surface area contributed by atoms with Crippen LogP contribution in [0.15, 0.2) is 6.07 Å². The van der Waals surface area contributed by atoms with E-state index in [1.807, 2.05) is 19.9 Å². The molecule has 0 N–H and O–H groups in total. The molecule has 1 rings (SSSR count). The van der Waals surface area contributed by atoms with Crippen molar-refractivity contribution in [2.75, 3.05) is 28.4 Å². The summed E-state index contributed by atoms with van der Waals surface area (Å²) in [7, 11) is 6.28. The van der Waals surface area contributed by atoms with Crippen LogP contribution in [0.3, 0.4) is 0 Å². The molecule has 1 aromatic rings. The highest BCUT2D eigenvalue weighted by atomic mass is 16.7. The van der Waals surface area contributed by atoms with Crippen molar-refractivity contribution in [3.8, 4) is 11.5 Å². The Balaban J connectivity index is 3.02. The van der Waals surface area contributed by atoms with Crippen LogP contribution in [0.1, 0.15) is 34.3 Å². The third-order valence-electron chi connectivity index (χ3n) is 3.51. The van der Waals surface area contributed by atoms with Gasteiger partial charge in [0.1, 0.15) is 0 Å². The first-order valence-corrected chi connectivity index (χ1v) is 6.81. The Bertz CT molecular complexity index is 492. The zero-order valence-corrected chi connectivity index (χ0v) is 13.6. The summed E-state index contributed by atoms with van der Waals surface area (Å²) >= 11 is 0. The second-order valence-electron chi connectivity index (χ2n) is 4.80. The molecular formula is C16H24O5. The molecule has 0 aromatic heterocycles. The molecule has 0 saturated carbocycles. The van der Waals surface area contributed by atoms with Crippen molar-refractivity contribution < 1.29 is 23.7 Å². The number of benzene rings is 1. The number of hydrogen-bond acceptors (Lipinski definition) is 5.